The molecule has 0 radical (unpaired) electrons. The molecule has 1 fully saturated rings. The zero-order chi connectivity index (χ0) is 21.3. The van der Waals surface area contributed by atoms with Gasteiger partial charge >= 0.3 is 6.09 Å². The van der Waals surface area contributed by atoms with E-state index in [1.165, 1.54) is 13.2 Å². The number of rotatable bonds is 4. The van der Waals surface area contributed by atoms with Crippen molar-refractivity contribution in [1.29, 1.82) is 0 Å². The number of fused-ring (bicyclic) bond motifs is 1. The van der Waals surface area contributed by atoms with Crippen molar-refractivity contribution >= 4 is 17.6 Å². The van der Waals surface area contributed by atoms with E-state index >= 15 is 0 Å². The molecule has 0 atom stereocenters. The van der Waals surface area contributed by atoms with Crippen molar-refractivity contribution in [3.05, 3.63) is 36.5 Å². The van der Waals surface area contributed by atoms with Crippen LogP contribution in [0.25, 0.3) is 16.8 Å². The molecule has 0 aliphatic carbocycles. The van der Waals surface area contributed by atoms with Gasteiger partial charge in [-0.2, -0.15) is 5.10 Å². The Hall–Kier alpha value is -3.43. The lowest BCUT2D eigenvalue weighted by atomic mass is 10.1. The minimum absolute atomic E-state index is 0.144. The van der Waals surface area contributed by atoms with Crippen molar-refractivity contribution in [2.24, 2.45) is 0 Å². The SMILES string of the molecule is COc1ncc(F)cc1-c1cnn2ccc(N3CCN(C(=O)OC(C)C)CC3)nc12. The largest absolute Gasteiger partial charge is 0.481 e. The van der Waals surface area contributed by atoms with Crippen molar-refractivity contribution in [3.8, 4) is 17.0 Å². The summed E-state index contributed by atoms with van der Waals surface area (Å²) in [5.74, 6) is 0.589. The number of carbonyl (C=O) groups is 1. The Balaban J connectivity index is 1.59. The van der Waals surface area contributed by atoms with Crippen LogP contribution in [-0.2, 0) is 4.74 Å². The van der Waals surface area contributed by atoms with Crippen molar-refractivity contribution in [2.75, 3.05) is 38.2 Å². The summed E-state index contributed by atoms with van der Waals surface area (Å²) in [6, 6.07) is 3.23. The average Bonchev–Trinajstić information content (AvgIpc) is 3.16. The molecule has 1 amide bonds. The van der Waals surface area contributed by atoms with Gasteiger partial charge in [0.25, 0.3) is 0 Å². The molecule has 158 valence electrons. The van der Waals surface area contributed by atoms with Gasteiger partial charge in [-0.15, -0.1) is 0 Å². The molecule has 1 aliphatic rings. The number of halogens is 1. The molecule has 4 rings (SSSR count). The van der Waals surface area contributed by atoms with E-state index in [-0.39, 0.29) is 12.2 Å². The zero-order valence-electron chi connectivity index (χ0n) is 17.1. The van der Waals surface area contributed by atoms with Gasteiger partial charge in [0.1, 0.15) is 11.6 Å². The molecule has 30 heavy (non-hydrogen) atoms. The summed E-state index contributed by atoms with van der Waals surface area (Å²) in [5, 5.41) is 4.31. The van der Waals surface area contributed by atoms with Crippen LogP contribution in [-0.4, -0.2) is 70.0 Å². The number of carbonyl (C=O) groups excluding carboxylic acids is 1. The maximum Gasteiger partial charge on any atom is 0.410 e. The highest BCUT2D eigenvalue weighted by atomic mass is 19.1. The fourth-order valence-electron chi connectivity index (χ4n) is 3.40. The predicted molar refractivity (Wildman–Crippen MR) is 108 cm³/mol. The highest BCUT2D eigenvalue weighted by Gasteiger charge is 2.24. The molecule has 4 heterocycles. The number of methoxy groups -OCH3 is 1. The van der Waals surface area contributed by atoms with Gasteiger partial charge in [0.15, 0.2) is 5.65 Å². The monoisotopic (exact) mass is 414 g/mol. The Morgan fingerprint density at radius 1 is 1.17 bits per heavy atom. The van der Waals surface area contributed by atoms with Gasteiger partial charge in [-0.25, -0.2) is 23.7 Å². The molecular weight excluding hydrogens is 391 g/mol. The molecule has 1 saturated heterocycles. The zero-order valence-corrected chi connectivity index (χ0v) is 17.1. The van der Waals surface area contributed by atoms with Gasteiger partial charge in [0, 0.05) is 32.4 Å². The van der Waals surface area contributed by atoms with E-state index in [4.69, 9.17) is 14.5 Å². The highest BCUT2D eigenvalue weighted by molar-refractivity contribution is 5.80. The number of aromatic nitrogens is 4. The lowest BCUT2D eigenvalue weighted by Crippen LogP contribution is -2.49. The van der Waals surface area contributed by atoms with E-state index in [0.717, 1.165) is 12.0 Å². The normalized spacial score (nSPS) is 14.4. The number of ether oxygens (including phenoxy) is 2. The summed E-state index contributed by atoms with van der Waals surface area (Å²) >= 11 is 0. The first kappa shape index (κ1) is 19.9. The number of hydrogen-bond donors (Lipinski definition) is 0. The molecule has 0 unspecified atom stereocenters. The summed E-state index contributed by atoms with van der Waals surface area (Å²) in [6.45, 7) is 6.02. The summed E-state index contributed by atoms with van der Waals surface area (Å²) in [4.78, 5) is 24.6. The van der Waals surface area contributed by atoms with Crippen LogP contribution in [0.3, 0.4) is 0 Å². The number of piperazine rings is 1. The molecule has 3 aromatic rings. The maximum absolute atomic E-state index is 13.8. The van der Waals surface area contributed by atoms with E-state index in [1.807, 2.05) is 19.9 Å². The highest BCUT2D eigenvalue weighted by Crippen LogP contribution is 2.31. The van der Waals surface area contributed by atoms with Crippen LogP contribution in [0.15, 0.2) is 30.7 Å². The average molecular weight is 414 g/mol. The van der Waals surface area contributed by atoms with Gasteiger partial charge in [0.2, 0.25) is 5.88 Å². The van der Waals surface area contributed by atoms with Gasteiger partial charge < -0.3 is 19.3 Å². The number of anilines is 1. The van der Waals surface area contributed by atoms with E-state index in [0.29, 0.717) is 48.8 Å². The molecule has 3 aromatic heterocycles. The number of hydrogen-bond acceptors (Lipinski definition) is 7. The Labute approximate surface area is 173 Å². The summed E-state index contributed by atoms with van der Waals surface area (Å²) in [6.07, 6.45) is 4.09. The Morgan fingerprint density at radius 3 is 2.63 bits per heavy atom. The second-order valence-electron chi connectivity index (χ2n) is 7.23. The van der Waals surface area contributed by atoms with E-state index in [1.54, 1.807) is 21.8 Å². The van der Waals surface area contributed by atoms with Crippen LogP contribution >= 0.6 is 0 Å². The van der Waals surface area contributed by atoms with Crippen molar-refractivity contribution in [3.63, 3.8) is 0 Å². The fourth-order valence-corrected chi connectivity index (χ4v) is 3.40. The smallest absolute Gasteiger partial charge is 0.410 e. The number of amides is 1. The van der Waals surface area contributed by atoms with Crippen LogP contribution in [0.5, 0.6) is 5.88 Å². The van der Waals surface area contributed by atoms with Gasteiger partial charge in [-0.05, 0) is 26.0 Å². The Morgan fingerprint density at radius 2 is 1.93 bits per heavy atom. The Bertz CT molecular complexity index is 1060. The van der Waals surface area contributed by atoms with Gasteiger partial charge in [-0.1, -0.05) is 0 Å². The second kappa shape index (κ2) is 8.13. The molecule has 0 N–H and O–H groups in total. The first-order valence-corrected chi connectivity index (χ1v) is 9.71. The topological polar surface area (TPSA) is 85.1 Å². The number of nitrogens with zero attached hydrogens (tertiary/aromatic N) is 6. The molecule has 9 nitrogen and oxygen atoms in total. The molecule has 0 spiro atoms. The van der Waals surface area contributed by atoms with E-state index < -0.39 is 5.82 Å². The third kappa shape index (κ3) is 3.85. The lowest BCUT2D eigenvalue weighted by Gasteiger charge is -2.35. The molecule has 0 aromatic carbocycles. The summed E-state index contributed by atoms with van der Waals surface area (Å²) in [5.41, 5.74) is 1.68. The Kier molecular flexibility index (Phi) is 5.39. The third-order valence-corrected chi connectivity index (χ3v) is 4.85. The molecule has 0 saturated carbocycles. The molecular formula is C20H23FN6O3. The van der Waals surface area contributed by atoms with E-state index in [9.17, 15) is 9.18 Å². The quantitative estimate of drug-likeness (QED) is 0.649. The van der Waals surface area contributed by atoms with Crippen LogP contribution in [0, 0.1) is 5.82 Å². The minimum atomic E-state index is -0.467. The van der Waals surface area contributed by atoms with E-state index in [2.05, 4.69) is 15.0 Å². The van der Waals surface area contributed by atoms with Crippen molar-refractivity contribution in [1.82, 2.24) is 24.5 Å². The summed E-state index contributed by atoms with van der Waals surface area (Å²) in [7, 11) is 1.48. The van der Waals surface area contributed by atoms with Crippen LogP contribution < -0.4 is 9.64 Å². The summed E-state index contributed by atoms with van der Waals surface area (Å²) < 4.78 is 26.0. The fraction of sp³-hybridized carbons (Fsp3) is 0.400. The minimum Gasteiger partial charge on any atom is -0.481 e. The number of pyridine rings is 1. The first-order chi connectivity index (χ1) is 14.5. The van der Waals surface area contributed by atoms with Crippen LogP contribution in [0.4, 0.5) is 15.0 Å². The van der Waals surface area contributed by atoms with Crippen LogP contribution in [0.2, 0.25) is 0 Å². The molecule has 10 heteroatoms. The standard InChI is InChI=1S/C20H23FN6O3/c1-13(2)30-20(28)26-8-6-25(7-9-26)17-4-5-27-18(24-17)16(12-23-27)15-10-14(21)11-22-19(15)29-3/h4-5,10-13H,6-9H2,1-3H3. The van der Waals surface area contributed by atoms with Crippen molar-refractivity contribution in [2.45, 2.75) is 20.0 Å². The molecule has 0 bridgehead atoms. The predicted octanol–water partition coefficient (Wildman–Crippen LogP) is 2.61. The van der Waals surface area contributed by atoms with Crippen molar-refractivity contribution < 1.29 is 18.7 Å². The maximum atomic E-state index is 13.8. The van der Waals surface area contributed by atoms with Gasteiger partial charge in [-0.3, -0.25) is 0 Å². The third-order valence-electron chi connectivity index (χ3n) is 4.85. The molecule has 1 aliphatic heterocycles. The van der Waals surface area contributed by atoms with Crippen LogP contribution in [0.1, 0.15) is 13.8 Å². The first-order valence-electron chi connectivity index (χ1n) is 9.71. The lowest BCUT2D eigenvalue weighted by molar-refractivity contribution is 0.0751. The van der Waals surface area contributed by atoms with Gasteiger partial charge in [0.05, 0.1) is 36.7 Å². The second-order valence-corrected chi connectivity index (χ2v) is 7.23.